The minimum Gasteiger partial charge on any atom is -0.461 e. The summed E-state index contributed by atoms with van der Waals surface area (Å²) in [5.41, 5.74) is 1.80. The average Bonchev–Trinajstić information content (AvgIpc) is 3.15. The van der Waals surface area contributed by atoms with E-state index >= 15 is 0 Å². The summed E-state index contributed by atoms with van der Waals surface area (Å²) in [5, 5.41) is 8.56. The fourth-order valence-corrected chi connectivity index (χ4v) is 3.81. The molecule has 0 unspecified atom stereocenters. The third-order valence-corrected chi connectivity index (χ3v) is 5.44. The standard InChI is InChI=1S/C21H21N3O6S/c1-5-29-20(27)16-14-10-31-18(22-17(25)21(28)30-6-2)15(14)19(26)24(23-16)13-8-7-11(3)12(4)9-13/h7-10H,5-6H2,1-4H3,(H,22,25). The normalized spacial score (nSPS) is 10.7. The van der Waals surface area contributed by atoms with Crippen molar-refractivity contribution in [1.29, 1.82) is 0 Å². The predicted molar refractivity (Wildman–Crippen MR) is 116 cm³/mol. The number of carbonyl (C=O) groups is 3. The van der Waals surface area contributed by atoms with Gasteiger partial charge in [0.05, 0.1) is 24.3 Å². The number of nitrogens with one attached hydrogen (secondary N) is 1. The molecule has 0 saturated carbocycles. The first kappa shape index (κ1) is 22.2. The lowest BCUT2D eigenvalue weighted by atomic mass is 10.1. The van der Waals surface area contributed by atoms with Crippen molar-refractivity contribution in [2.75, 3.05) is 18.5 Å². The summed E-state index contributed by atoms with van der Waals surface area (Å²) in [4.78, 5) is 49.7. The highest BCUT2D eigenvalue weighted by Crippen LogP contribution is 2.30. The molecule has 2 aromatic heterocycles. The first-order chi connectivity index (χ1) is 14.8. The molecule has 1 N–H and O–H groups in total. The zero-order chi connectivity index (χ0) is 22.7. The molecule has 10 heteroatoms. The molecule has 0 radical (unpaired) electrons. The van der Waals surface area contributed by atoms with Gasteiger partial charge in [0.1, 0.15) is 5.00 Å². The number of carbonyl (C=O) groups excluding carboxylic acids is 3. The van der Waals surface area contributed by atoms with Crippen LogP contribution in [-0.4, -0.2) is 40.8 Å². The number of hydrogen-bond donors (Lipinski definition) is 1. The quantitative estimate of drug-likeness (QED) is 0.476. The Labute approximate surface area is 181 Å². The SMILES string of the molecule is CCOC(=O)C(=O)Nc1scc2c(C(=O)OCC)nn(-c3ccc(C)c(C)c3)c(=O)c12. The highest BCUT2D eigenvalue weighted by atomic mass is 32.1. The molecule has 0 bridgehead atoms. The number of thiophene rings is 1. The molecule has 0 saturated heterocycles. The maximum atomic E-state index is 13.3. The maximum Gasteiger partial charge on any atom is 0.397 e. The van der Waals surface area contributed by atoms with E-state index < -0.39 is 23.4 Å². The van der Waals surface area contributed by atoms with Crippen LogP contribution in [0.5, 0.6) is 0 Å². The number of ether oxygens (including phenoxy) is 2. The molecule has 9 nitrogen and oxygen atoms in total. The molecule has 0 fully saturated rings. The van der Waals surface area contributed by atoms with Gasteiger partial charge >= 0.3 is 17.8 Å². The number of anilines is 1. The number of hydrogen-bond acceptors (Lipinski definition) is 8. The second kappa shape index (κ2) is 9.09. The van der Waals surface area contributed by atoms with Gasteiger partial charge in [-0.05, 0) is 51.0 Å². The Balaban J connectivity index is 2.23. The second-order valence-electron chi connectivity index (χ2n) is 6.58. The van der Waals surface area contributed by atoms with E-state index in [1.807, 2.05) is 19.9 Å². The summed E-state index contributed by atoms with van der Waals surface area (Å²) in [6.07, 6.45) is 0. The first-order valence-corrected chi connectivity index (χ1v) is 10.4. The van der Waals surface area contributed by atoms with E-state index in [0.29, 0.717) is 5.69 Å². The van der Waals surface area contributed by atoms with Crippen LogP contribution in [0.1, 0.15) is 35.5 Å². The highest BCUT2D eigenvalue weighted by Gasteiger charge is 2.25. The Morgan fingerprint density at radius 3 is 2.45 bits per heavy atom. The van der Waals surface area contributed by atoms with Gasteiger partial charge in [-0.2, -0.15) is 9.78 Å². The van der Waals surface area contributed by atoms with Crippen LogP contribution in [0.15, 0.2) is 28.4 Å². The first-order valence-electron chi connectivity index (χ1n) is 9.55. The van der Waals surface area contributed by atoms with Crippen molar-refractivity contribution in [3.8, 4) is 5.69 Å². The van der Waals surface area contributed by atoms with Crippen LogP contribution in [0, 0.1) is 13.8 Å². The molecule has 162 valence electrons. The van der Waals surface area contributed by atoms with Crippen LogP contribution >= 0.6 is 11.3 Å². The summed E-state index contributed by atoms with van der Waals surface area (Å²) < 4.78 is 10.9. The lowest BCUT2D eigenvalue weighted by Crippen LogP contribution is -2.27. The fourth-order valence-electron chi connectivity index (χ4n) is 2.88. The van der Waals surface area contributed by atoms with Crippen molar-refractivity contribution in [3.63, 3.8) is 0 Å². The van der Waals surface area contributed by atoms with Crippen molar-refractivity contribution >= 4 is 45.0 Å². The van der Waals surface area contributed by atoms with Crippen molar-refractivity contribution in [1.82, 2.24) is 9.78 Å². The summed E-state index contributed by atoms with van der Waals surface area (Å²) in [5.74, 6) is -2.79. The van der Waals surface area contributed by atoms with Gasteiger partial charge in [-0.1, -0.05) is 6.07 Å². The van der Waals surface area contributed by atoms with E-state index in [9.17, 15) is 19.2 Å². The van der Waals surface area contributed by atoms with E-state index in [1.54, 1.807) is 26.0 Å². The van der Waals surface area contributed by atoms with Crippen molar-refractivity contribution in [3.05, 3.63) is 50.8 Å². The van der Waals surface area contributed by atoms with Crippen LogP contribution in [0.25, 0.3) is 16.5 Å². The molecule has 0 aliphatic heterocycles. The van der Waals surface area contributed by atoms with Gasteiger partial charge in [-0.25, -0.2) is 9.59 Å². The van der Waals surface area contributed by atoms with Gasteiger partial charge < -0.3 is 14.8 Å². The number of rotatable bonds is 5. The van der Waals surface area contributed by atoms with Gasteiger partial charge in [0.25, 0.3) is 5.56 Å². The van der Waals surface area contributed by atoms with E-state index in [0.717, 1.165) is 27.1 Å². The molecule has 1 amide bonds. The van der Waals surface area contributed by atoms with Crippen LogP contribution in [0.3, 0.4) is 0 Å². The summed E-state index contributed by atoms with van der Waals surface area (Å²) in [6.45, 7) is 7.22. The molecule has 3 aromatic rings. The van der Waals surface area contributed by atoms with Crippen LogP contribution < -0.4 is 10.9 Å². The Morgan fingerprint density at radius 2 is 1.81 bits per heavy atom. The van der Waals surface area contributed by atoms with E-state index in [1.165, 1.54) is 5.38 Å². The van der Waals surface area contributed by atoms with Crippen LogP contribution in [0.2, 0.25) is 0 Å². The van der Waals surface area contributed by atoms with Crippen LogP contribution in [-0.2, 0) is 19.1 Å². The van der Waals surface area contributed by atoms with Crippen molar-refractivity contribution in [2.24, 2.45) is 0 Å². The third kappa shape index (κ3) is 4.33. The maximum absolute atomic E-state index is 13.3. The smallest absolute Gasteiger partial charge is 0.397 e. The number of fused-ring (bicyclic) bond motifs is 1. The number of esters is 2. The van der Waals surface area contributed by atoms with Gasteiger partial charge in [0, 0.05) is 10.8 Å². The minimum absolute atomic E-state index is 0.0357. The molecular weight excluding hydrogens is 422 g/mol. The lowest BCUT2D eigenvalue weighted by molar-refractivity contribution is -0.152. The lowest BCUT2D eigenvalue weighted by Gasteiger charge is -2.11. The zero-order valence-corrected chi connectivity index (χ0v) is 18.3. The fraction of sp³-hybridized carbons (Fsp3) is 0.286. The summed E-state index contributed by atoms with van der Waals surface area (Å²) in [7, 11) is 0. The molecule has 0 atom stereocenters. The van der Waals surface area contributed by atoms with E-state index in [4.69, 9.17) is 4.74 Å². The molecule has 31 heavy (non-hydrogen) atoms. The Kier molecular flexibility index (Phi) is 6.50. The Morgan fingerprint density at radius 1 is 1.10 bits per heavy atom. The molecule has 2 heterocycles. The largest absolute Gasteiger partial charge is 0.461 e. The van der Waals surface area contributed by atoms with Gasteiger partial charge in [0.2, 0.25) is 0 Å². The van der Waals surface area contributed by atoms with E-state index in [-0.39, 0.29) is 34.7 Å². The van der Waals surface area contributed by atoms with Gasteiger partial charge in [-0.15, -0.1) is 11.3 Å². The Bertz CT molecular complexity index is 1240. The van der Waals surface area contributed by atoms with Gasteiger partial charge in [0.15, 0.2) is 5.69 Å². The highest BCUT2D eigenvalue weighted by molar-refractivity contribution is 7.16. The predicted octanol–water partition coefficient (Wildman–Crippen LogP) is 2.74. The Hall–Kier alpha value is -3.53. The third-order valence-electron chi connectivity index (χ3n) is 4.54. The van der Waals surface area contributed by atoms with Crippen LogP contribution in [0.4, 0.5) is 5.00 Å². The average molecular weight is 443 g/mol. The molecular formula is C21H21N3O6S. The molecule has 1 aromatic carbocycles. The minimum atomic E-state index is -1.07. The summed E-state index contributed by atoms with van der Waals surface area (Å²) >= 11 is 0.999. The summed E-state index contributed by atoms with van der Waals surface area (Å²) in [6, 6.07) is 5.32. The molecule has 3 rings (SSSR count). The number of aromatic nitrogens is 2. The second-order valence-corrected chi connectivity index (χ2v) is 7.46. The number of amides is 1. The monoisotopic (exact) mass is 443 g/mol. The molecule has 0 aliphatic carbocycles. The zero-order valence-electron chi connectivity index (χ0n) is 17.5. The molecule has 0 spiro atoms. The van der Waals surface area contributed by atoms with E-state index in [2.05, 4.69) is 15.2 Å². The number of nitrogens with zero attached hydrogens (tertiary/aromatic N) is 2. The number of benzene rings is 1. The van der Waals surface area contributed by atoms with Crippen molar-refractivity contribution < 1.29 is 23.9 Å². The van der Waals surface area contributed by atoms with Gasteiger partial charge in [-0.3, -0.25) is 9.59 Å². The van der Waals surface area contributed by atoms with Crippen molar-refractivity contribution in [2.45, 2.75) is 27.7 Å². The topological polar surface area (TPSA) is 117 Å². The molecule has 0 aliphatic rings. The number of aryl methyl sites for hydroxylation is 2.